The molecule has 0 spiro atoms. The van der Waals surface area contributed by atoms with Crippen molar-refractivity contribution in [3.8, 4) is 22.6 Å². The second kappa shape index (κ2) is 15.1. The van der Waals surface area contributed by atoms with Crippen molar-refractivity contribution in [2.75, 3.05) is 14.7 Å². The van der Waals surface area contributed by atoms with Gasteiger partial charge in [-0.1, -0.05) is 158 Å². The number of furan rings is 4. The lowest BCUT2D eigenvalue weighted by Crippen LogP contribution is -2.60. The number of hydrogen-bond acceptors (Lipinski definition) is 7. The molecule has 7 nitrogen and oxygen atoms in total. The first kappa shape index (κ1) is 38.7. The number of fused-ring (bicyclic) bond motifs is 10. The fraction of sp³-hybridized carbons (Fsp3) is 0. The molecule has 0 amide bonds. The van der Waals surface area contributed by atoms with Gasteiger partial charge in [-0.25, -0.2) is 0 Å². The number of nitrogens with zero attached hydrogens (tertiary/aromatic N) is 3. The van der Waals surface area contributed by atoms with E-state index in [1.165, 1.54) is 0 Å². The van der Waals surface area contributed by atoms with Crippen LogP contribution in [-0.2, 0) is 0 Å². The van der Waals surface area contributed by atoms with Gasteiger partial charge in [0.2, 0.25) is 11.8 Å². The third kappa shape index (κ3) is 5.58. The Hall–Kier alpha value is -9.40. The van der Waals surface area contributed by atoms with Crippen LogP contribution in [0.1, 0.15) is 0 Å². The first-order valence-electron chi connectivity index (χ1n) is 23.6. The van der Waals surface area contributed by atoms with Crippen LogP contribution >= 0.6 is 0 Å². The minimum atomic E-state index is -0.331. The molecule has 0 radical (unpaired) electrons. The van der Waals surface area contributed by atoms with E-state index < -0.39 is 0 Å². The minimum absolute atomic E-state index is 0.331. The van der Waals surface area contributed by atoms with Gasteiger partial charge in [0.1, 0.15) is 33.7 Å². The Kier molecular flexibility index (Phi) is 8.32. The number of para-hydroxylation sites is 6. The zero-order chi connectivity index (χ0) is 45.9. The van der Waals surface area contributed by atoms with Crippen molar-refractivity contribution in [1.29, 1.82) is 0 Å². The Morgan fingerprint density at radius 1 is 0.314 bits per heavy atom. The van der Waals surface area contributed by atoms with Gasteiger partial charge in [0.05, 0.1) is 5.69 Å². The van der Waals surface area contributed by atoms with Gasteiger partial charge in [0.25, 0.3) is 6.71 Å². The van der Waals surface area contributed by atoms with E-state index in [2.05, 4.69) is 221 Å². The van der Waals surface area contributed by atoms with E-state index in [9.17, 15) is 0 Å². The Morgan fingerprint density at radius 3 is 1.07 bits per heavy atom. The molecule has 0 bridgehead atoms. The summed E-state index contributed by atoms with van der Waals surface area (Å²) in [7, 11) is 0. The van der Waals surface area contributed by atoms with Crippen molar-refractivity contribution in [2.24, 2.45) is 0 Å². The molecule has 6 heterocycles. The van der Waals surface area contributed by atoms with Gasteiger partial charge in [-0.3, -0.25) is 9.80 Å². The number of hydrogen-bond donors (Lipinski definition) is 0. The van der Waals surface area contributed by atoms with Gasteiger partial charge >= 0.3 is 0 Å². The average Bonchev–Trinajstić information content (AvgIpc) is 4.22. The van der Waals surface area contributed by atoms with Gasteiger partial charge in [-0.2, -0.15) is 0 Å². The Labute approximate surface area is 402 Å². The van der Waals surface area contributed by atoms with E-state index in [1.807, 2.05) is 24.3 Å². The zero-order valence-corrected chi connectivity index (χ0v) is 37.5. The highest BCUT2D eigenvalue weighted by Gasteiger charge is 2.50. The highest BCUT2D eigenvalue weighted by molar-refractivity contribution is 7.02. The molecule has 70 heavy (non-hydrogen) atoms. The van der Waals surface area contributed by atoms with E-state index in [0.29, 0.717) is 0 Å². The van der Waals surface area contributed by atoms with Crippen LogP contribution < -0.4 is 31.1 Å². The van der Waals surface area contributed by atoms with E-state index >= 15 is 0 Å². The van der Waals surface area contributed by atoms with E-state index in [4.69, 9.17) is 17.7 Å². The molecular formula is C62H38BN3O4. The standard InChI is InChI=1S/C62H38BN3O4/c1-5-21-39(22-6-1)59-57(46-31-15-19-35-52(46)67-59)65-48-37-43(64(41-25-9-3-10-26-41)42-27-11-4-12-28-42)38-49-56(48)63(54-44-29-13-17-33-50(44)69-61(54)65)55-45-30-14-18-34-51(45)70-62(55)66(49)58-47-32-16-20-36-53(47)68-60(58)40-23-7-2-8-24-40/h1-38H. The van der Waals surface area contributed by atoms with Crippen molar-refractivity contribution < 1.29 is 17.7 Å². The number of rotatable bonds is 7. The molecule has 0 saturated carbocycles. The quantitative estimate of drug-likeness (QED) is 0.148. The molecule has 0 fully saturated rings. The summed E-state index contributed by atoms with van der Waals surface area (Å²) in [5.41, 5.74) is 14.9. The molecule has 13 aromatic rings. The average molecular weight is 900 g/mol. The summed E-state index contributed by atoms with van der Waals surface area (Å²) in [6, 6.07) is 80.2. The predicted octanol–water partition coefficient (Wildman–Crippen LogP) is 15.6. The van der Waals surface area contributed by atoms with Gasteiger partial charge in [-0.05, 0) is 78.3 Å². The maximum absolute atomic E-state index is 7.34. The van der Waals surface area contributed by atoms with E-state index in [1.54, 1.807) is 0 Å². The largest absolute Gasteiger partial charge is 0.454 e. The monoisotopic (exact) mass is 899 g/mol. The van der Waals surface area contributed by atoms with Crippen LogP contribution in [0.2, 0.25) is 0 Å². The van der Waals surface area contributed by atoms with Crippen LogP contribution in [0.3, 0.4) is 0 Å². The molecule has 9 aromatic carbocycles. The first-order valence-corrected chi connectivity index (χ1v) is 23.6. The van der Waals surface area contributed by atoms with Crippen LogP contribution in [0.5, 0.6) is 0 Å². The molecule has 4 aromatic heterocycles. The van der Waals surface area contributed by atoms with Gasteiger partial charge in [0, 0.05) is 66.3 Å². The molecule has 2 aliphatic heterocycles. The minimum Gasteiger partial charge on any atom is -0.454 e. The number of benzene rings is 9. The smallest absolute Gasteiger partial charge is 0.262 e. The molecule has 8 heteroatoms. The van der Waals surface area contributed by atoms with Crippen molar-refractivity contribution in [3.05, 3.63) is 231 Å². The fourth-order valence-corrected chi connectivity index (χ4v) is 11.2. The van der Waals surface area contributed by atoms with Crippen LogP contribution in [0, 0.1) is 0 Å². The second-order valence-electron chi connectivity index (χ2n) is 17.9. The third-order valence-electron chi connectivity index (χ3n) is 14.0. The van der Waals surface area contributed by atoms with Gasteiger partial charge in [0.15, 0.2) is 11.5 Å². The Morgan fingerprint density at radius 2 is 0.657 bits per heavy atom. The molecule has 2 aliphatic rings. The molecule has 0 aliphatic carbocycles. The van der Waals surface area contributed by atoms with Crippen molar-refractivity contribution in [3.63, 3.8) is 0 Å². The second-order valence-corrected chi connectivity index (χ2v) is 17.9. The SMILES string of the molecule is c1ccc(-c2oc3ccccc3c2N2c3cc(N(c4ccccc4)c4ccccc4)cc4c3B(c3c2oc2ccccc32)c2c(oc3ccccc23)N4c2c(-c3ccccc3)oc3ccccc23)cc1. The number of anilines is 9. The van der Waals surface area contributed by atoms with Crippen LogP contribution in [0.15, 0.2) is 248 Å². The molecule has 328 valence electrons. The van der Waals surface area contributed by atoms with Crippen molar-refractivity contribution in [2.45, 2.75) is 0 Å². The van der Waals surface area contributed by atoms with Gasteiger partial charge < -0.3 is 22.6 Å². The maximum Gasteiger partial charge on any atom is 0.262 e. The Balaban J connectivity index is 1.15. The fourth-order valence-electron chi connectivity index (χ4n) is 11.2. The van der Waals surface area contributed by atoms with Crippen LogP contribution in [-0.4, -0.2) is 6.71 Å². The molecular weight excluding hydrogens is 862 g/mol. The summed E-state index contributed by atoms with van der Waals surface area (Å²) in [6.07, 6.45) is 0. The van der Waals surface area contributed by atoms with Crippen molar-refractivity contribution >= 4 is 119 Å². The predicted molar refractivity (Wildman–Crippen MR) is 285 cm³/mol. The van der Waals surface area contributed by atoms with E-state index in [0.717, 1.165) is 134 Å². The summed E-state index contributed by atoms with van der Waals surface area (Å²) >= 11 is 0. The lowest BCUT2D eigenvalue weighted by atomic mass is 9.33. The lowest BCUT2D eigenvalue weighted by Gasteiger charge is -2.41. The maximum atomic E-state index is 7.34. The van der Waals surface area contributed by atoms with Crippen LogP contribution in [0.4, 0.5) is 51.6 Å². The molecule has 0 N–H and O–H groups in total. The summed E-state index contributed by atoms with van der Waals surface area (Å²) in [5, 5.41) is 3.98. The summed E-state index contributed by atoms with van der Waals surface area (Å²) < 4.78 is 28.7. The van der Waals surface area contributed by atoms with Gasteiger partial charge in [-0.15, -0.1) is 0 Å². The summed E-state index contributed by atoms with van der Waals surface area (Å²) in [5.74, 6) is 2.92. The summed E-state index contributed by atoms with van der Waals surface area (Å²) in [4.78, 5) is 7.02. The lowest BCUT2D eigenvalue weighted by molar-refractivity contribution is 0.614. The molecule has 15 rings (SSSR count). The topological polar surface area (TPSA) is 62.3 Å². The zero-order valence-electron chi connectivity index (χ0n) is 37.5. The van der Waals surface area contributed by atoms with Crippen LogP contribution in [0.25, 0.3) is 66.5 Å². The summed E-state index contributed by atoms with van der Waals surface area (Å²) in [6.45, 7) is -0.331. The normalized spacial score (nSPS) is 12.8. The highest BCUT2D eigenvalue weighted by Crippen LogP contribution is 2.55. The first-order chi connectivity index (χ1) is 34.8. The Bertz CT molecular complexity index is 3890. The highest BCUT2D eigenvalue weighted by atomic mass is 16.4. The molecule has 0 atom stereocenters. The van der Waals surface area contributed by atoms with E-state index in [-0.39, 0.29) is 6.71 Å². The van der Waals surface area contributed by atoms with Crippen molar-refractivity contribution in [1.82, 2.24) is 0 Å². The third-order valence-corrected chi connectivity index (χ3v) is 14.0. The molecule has 0 saturated heterocycles. The molecule has 0 unspecified atom stereocenters.